The van der Waals surface area contributed by atoms with E-state index < -0.39 is 20.5 Å². The Labute approximate surface area is 116 Å². The van der Waals surface area contributed by atoms with Crippen molar-refractivity contribution in [3.63, 3.8) is 0 Å². The highest BCUT2D eigenvalue weighted by Gasteiger charge is 2.38. The van der Waals surface area contributed by atoms with E-state index in [1.807, 2.05) is 12.1 Å². The number of carbonyl (C=O) groups excluding carboxylic acids is 1. The van der Waals surface area contributed by atoms with Gasteiger partial charge in [-0.2, -0.15) is 0 Å². The lowest BCUT2D eigenvalue weighted by molar-refractivity contribution is -0.117. The highest BCUT2D eigenvalue weighted by molar-refractivity contribution is 9.08. The van der Waals surface area contributed by atoms with Gasteiger partial charge in [0.2, 0.25) is 5.91 Å². The first-order chi connectivity index (χ1) is 8.18. The second-order valence-corrected chi connectivity index (χ2v) is 7.69. The maximum absolute atomic E-state index is 11.9. The van der Waals surface area contributed by atoms with E-state index in [4.69, 9.17) is 0 Å². The number of amides is 1. The van der Waals surface area contributed by atoms with Gasteiger partial charge in [0.25, 0.3) is 0 Å². The van der Waals surface area contributed by atoms with E-state index in [0.29, 0.717) is 5.69 Å². The van der Waals surface area contributed by atoms with Gasteiger partial charge in [-0.05, 0) is 31.5 Å². The van der Waals surface area contributed by atoms with Crippen LogP contribution >= 0.6 is 15.9 Å². The molecular formula is C12H16BrNO3S. The first-order valence-corrected chi connectivity index (χ1v) is 8.35. The lowest BCUT2D eigenvalue weighted by atomic mass is 10.1. The molecule has 100 valence electrons. The summed E-state index contributed by atoms with van der Waals surface area (Å²) in [6.07, 6.45) is 1.06. The summed E-state index contributed by atoms with van der Waals surface area (Å²) in [5, 5.41) is 3.34. The van der Waals surface area contributed by atoms with Gasteiger partial charge in [-0.25, -0.2) is 8.42 Å². The Morgan fingerprint density at radius 3 is 2.17 bits per heavy atom. The van der Waals surface area contributed by atoms with Crippen LogP contribution in [-0.2, 0) is 20.0 Å². The fraction of sp³-hybridized carbons (Fsp3) is 0.417. The van der Waals surface area contributed by atoms with Crippen LogP contribution in [0.4, 0.5) is 5.69 Å². The van der Waals surface area contributed by atoms with Gasteiger partial charge in [0.15, 0.2) is 9.84 Å². The third kappa shape index (κ3) is 3.32. The van der Waals surface area contributed by atoms with E-state index in [1.165, 1.54) is 13.8 Å². The summed E-state index contributed by atoms with van der Waals surface area (Å²) in [7, 11) is -3.45. The van der Waals surface area contributed by atoms with Crippen LogP contribution in [0.1, 0.15) is 19.4 Å². The SMILES string of the molecule is CC(C)(C(=O)Nc1ccc(CBr)cc1)S(C)(=O)=O. The van der Waals surface area contributed by atoms with Crippen molar-refractivity contribution in [1.82, 2.24) is 0 Å². The minimum atomic E-state index is -3.45. The Morgan fingerprint density at radius 2 is 1.78 bits per heavy atom. The van der Waals surface area contributed by atoms with Crippen LogP contribution in [0.3, 0.4) is 0 Å². The van der Waals surface area contributed by atoms with Gasteiger partial charge in [0.05, 0.1) is 0 Å². The third-order valence-corrected chi connectivity index (χ3v) is 5.53. The van der Waals surface area contributed by atoms with Crippen molar-refractivity contribution in [3.8, 4) is 0 Å². The number of hydrogen-bond acceptors (Lipinski definition) is 3. The highest BCUT2D eigenvalue weighted by Crippen LogP contribution is 2.19. The van der Waals surface area contributed by atoms with Gasteiger partial charge in [0, 0.05) is 17.3 Å². The number of carbonyl (C=O) groups is 1. The van der Waals surface area contributed by atoms with Crippen molar-refractivity contribution < 1.29 is 13.2 Å². The van der Waals surface area contributed by atoms with Crippen LogP contribution in [0, 0.1) is 0 Å². The first kappa shape index (κ1) is 15.2. The summed E-state index contributed by atoms with van der Waals surface area (Å²) in [5.74, 6) is -0.531. The molecule has 18 heavy (non-hydrogen) atoms. The number of rotatable bonds is 4. The van der Waals surface area contributed by atoms with Crippen molar-refractivity contribution in [2.45, 2.75) is 23.9 Å². The van der Waals surface area contributed by atoms with Crippen LogP contribution in [-0.4, -0.2) is 25.3 Å². The maximum Gasteiger partial charge on any atom is 0.245 e. The minimum absolute atomic E-state index is 0.531. The molecule has 0 unspecified atom stereocenters. The van der Waals surface area contributed by atoms with E-state index in [2.05, 4.69) is 21.2 Å². The van der Waals surface area contributed by atoms with Gasteiger partial charge in [0.1, 0.15) is 4.75 Å². The van der Waals surface area contributed by atoms with Gasteiger partial charge in [-0.15, -0.1) is 0 Å². The molecule has 0 saturated heterocycles. The molecule has 0 fully saturated rings. The number of halogens is 1. The average molecular weight is 334 g/mol. The molecule has 0 aliphatic carbocycles. The van der Waals surface area contributed by atoms with E-state index in [9.17, 15) is 13.2 Å². The van der Waals surface area contributed by atoms with Crippen molar-refractivity contribution in [1.29, 1.82) is 0 Å². The van der Waals surface area contributed by atoms with Gasteiger partial charge >= 0.3 is 0 Å². The predicted octanol–water partition coefficient (Wildman–Crippen LogP) is 2.34. The molecule has 1 aromatic carbocycles. The van der Waals surface area contributed by atoms with Crippen molar-refractivity contribution in [2.75, 3.05) is 11.6 Å². The molecular weight excluding hydrogens is 318 g/mol. The summed E-state index contributed by atoms with van der Waals surface area (Å²) >= 11 is 3.32. The number of hydrogen-bond donors (Lipinski definition) is 1. The molecule has 1 amide bonds. The lowest BCUT2D eigenvalue weighted by Crippen LogP contribution is -2.43. The molecule has 0 heterocycles. The zero-order valence-corrected chi connectivity index (χ0v) is 12.9. The summed E-state index contributed by atoms with van der Waals surface area (Å²) < 4.78 is 21.6. The molecule has 4 nitrogen and oxygen atoms in total. The summed E-state index contributed by atoms with van der Waals surface area (Å²) in [6, 6.07) is 7.20. The molecule has 0 bridgehead atoms. The van der Waals surface area contributed by atoms with Crippen molar-refractivity contribution in [3.05, 3.63) is 29.8 Å². The monoisotopic (exact) mass is 333 g/mol. The smallest absolute Gasteiger partial charge is 0.245 e. The van der Waals surface area contributed by atoms with E-state index in [1.54, 1.807) is 12.1 Å². The lowest BCUT2D eigenvalue weighted by Gasteiger charge is -2.21. The van der Waals surface area contributed by atoms with Crippen molar-refractivity contribution in [2.24, 2.45) is 0 Å². The summed E-state index contributed by atoms with van der Waals surface area (Å²) in [6.45, 7) is 2.79. The molecule has 1 N–H and O–H groups in total. The van der Waals surface area contributed by atoms with Crippen LogP contribution in [0.25, 0.3) is 0 Å². The maximum atomic E-state index is 11.9. The fourth-order valence-electron chi connectivity index (χ4n) is 1.13. The van der Waals surface area contributed by atoms with Gasteiger partial charge < -0.3 is 5.32 Å². The number of sulfone groups is 1. The van der Waals surface area contributed by atoms with E-state index in [0.717, 1.165) is 17.1 Å². The number of benzene rings is 1. The quantitative estimate of drug-likeness (QED) is 0.860. The molecule has 1 aromatic rings. The fourth-order valence-corrected chi connectivity index (χ4v) is 1.89. The number of anilines is 1. The Balaban J connectivity index is 2.88. The van der Waals surface area contributed by atoms with Crippen molar-refractivity contribution >= 4 is 37.4 Å². The van der Waals surface area contributed by atoms with Gasteiger partial charge in [-0.3, -0.25) is 4.79 Å². The predicted molar refractivity (Wildman–Crippen MR) is 76.6 cm³/mol. The average Bonchev–Trinajstić information content (AvgIpc) is 2.28. The van der Waals surface area contributed by atoms with Crippen LogP contribution < -0.4 is 5.32 Å². The standard InChI is InChI=1S/C12H16BrNO3S/c1-12(2,18(3,16)17)11(15)14-10-6-4-9(8-13)5-7-10/h4-7H,8H2,1-3H3,(H,14,15). The van der Waals surface area contributed by atoms with E-state index in [-0.39, 0.29) is 0 Å². The molecule has 0 radical (unpaired) electrons. The number of nitrogens with one attached hydrogen (secondary N) is 1. The highest BCUT2D eigenvalue weighted by atomic mass is 79.9. The molecule has 1 rings (SSSR count). The molecule has 0 spiro atoms. The molecule has 6 heteroatoms. The zero-order chi connectivity index (χ0) is 14.0. The second-order valence-electron chi connectivity index (χ2n) is 4.57. The van der Waals surface area contributed by atoms with Crippen LogP contribution in [0.5, 0.6) is 0 Å². The first-order valence-electron chi connectivity index (χ1n) is 5.34. The van der Waals surface area contributed by atoms with E-state index >= 15 is 0 Å². The summed E-state index contributed by atoms with van der Waals surface area (Å²) in [4.78, 5) is 11.9. The second kappa shape index (κ2) is 5.40. The Hall–Kier alpha value is -0.880. The molecule has 0 aromatic heterocycles. The topological polar surface area (TPSA) is 63.2 Å². The molecule has 0 saturated carbocycles. The Morgan fingerprint density at radius 1 is 1.28 bits per heavy atom. The third-order valence-electron chi connectivity index (χ3n) is 2.84. The van der Waals surface area contributed by atoms with Gasteiger partial charge in [-0.1, -0.05) is 28.1 Å². The molecule has 0 aliphatic heterocycles. The number of alkyl halides is 1. The summed E-state index contributed by atoms with van der Waals surface area (Å²) in [5.41, 5.74) is 1.66. The minimum Gasteiger partial charge on any atom is -0.325 e. The zero-order valence-electron chi connectivity index (χ0n) is 10.5. The van der Waals surface area contributed by atoms with Crippen LogP contribution in [0.2, 0.25) is 0 Å². The van der Waals surface area contributed by atoms with Crippen LogP contribution in [0.15, 0.2) is 24.3 Å². The largest absolute Gasteiger partial charge is 0.325 e. The Kier molecular flexibility index (Phi) is 4.55. The normalized spacial score (nSPS) is 12.2. The molecule has 0 atom stereocenters. The Bertz CT molecular complexity index is 535. The molecule has 0 aliphatic rings.